The van der Waals surface area contributed by atoms with Gasteiger partial charge in [0.1, 0.15) is 5.75 Å². The summed E-state index contributed by atoms with van der Waals surface area (Å²) in [6.45, 7) is 4.07. The molecular weight excluding hydrogens is 392 g/mol. The topological polar surface area (TPSA) is 86.1 Å². The SMILES string of the molecule is COc1ccc(C)cc1NC(=O)c1cc2c(=O)n(Cc3cccnc3)ccc2nc1C. The second-order valence-corrected chi connectivity index (χ2v) is 7.32. The van der Waals surface area contributed by atoms with Gasteiger partial charge in [-0.3, -0.25) is 19.6 Å². The number of benzene rings is 1. The molecule has 4 rings (SSSR count). The summed E-state index contributed by atoms with van der Waals surface area (Å²) in [6, 6.07) is 12.7. The number of carbonyl (C=O) groups excluding carboxylic acids is 1. The summed E-state index contributed by atoms with van der Waals surface area (Å²) in [5, 5.41) is 3.26. The Kier molecular flexibility index (Phi) is 5.49. The molecule has 4 aromatic rings. The molecule has 0 unspecified atom stereocenters. The number of aromatic nitrogens is 3. The van der Waals surface area contributed by atoms with Crippen molar-refractivity contribution in [2.45, 2.75) is 20.4 Å². The molecule has 7 nitrogen and oxygen atoms in total. The van der Waals surface area contributed by atoms with E-state index >= 15 is 0 Å². The van der Waals surface area contributed by atoms with E-state index in [-0.39, 0.29) is 11.5 Å². The highest BCUT2D eigenvalue weighted by Crippen LogP contribution is 2.26. The van der Waals surface area contributed by atoms with Gasteiger partial charge in [0.2, 0.25) is 0 Å². The lowest BCUT2D eigenvalue weighted by atomic mass is 10.1. The van der Waals surface area contributed by atoms with Crippen LogP contribution in [0.1, 0.15) is 27.2 Å². The maximum Gasteiger partial charge on any atom is 0.260 e. The highest BCUT2D eigenvalue weighted by Gasteiger charge is 2.16. The minimum Gasteiger partial charge on any atom is -0.495 e. The van der Waals surface area contributed by atoms with Crippen LogP contribution < -0.4 is 15.6 Å². The van der Waals surface area contributed by atoms with Crippen molar-refractivity contribution in [2.75, 3.05) is 12.4 Å². The van der Waals surface area contributed by atoms with Gasteiger partial charge in [-0.1, -0.05) is 12.1 Å². The highest BCUT2D eigenvalue weighted by atomic mass is 16.5. The molecule has 0 aliphatic heterocycles. The minimum absolute atomic E-state index is 0.212. The first-order chi connectivity index (χ1) is 15.0. The standard InChI is InChI=1S/C24H22N4O3/c1-15-6-7-22(31-3)21(11-15)27-23(29)18-12-19-20(26-16(18)2)8-10-28(24(19)30)14-17-5-4-9-25-13-17/h4-13H,14H2,1-3H3,(H,27,29). The average molecular weight is 414 g/mol. The number of ether oxygens (including phenoxy) is 1. The predicted molar refractivity (Wildman–Crippen MR) is 120 cm³/mol. The minimum atomic E-state index is -0.349. The molecule has 1 N–H and O–H groups in total. The molecule has 1 amide bonds. The normalized spacial score (nSPS) is 10.8. The Morgan fingerprint density at radius 3 is 2.74 bits per heavy atom. The van der Waals surface area contributed by atoms with Gasteiger partial charge in [-0.05, 0) is 55.3 Å². The first-order valence-electron chi connectivity index (χ1n) is 9.82. The van der Waals surface area contributed by atoms with Crippen molar-refractivity contribution in [2.24, 2.45) is 0 Å². The van der Waals surface area contributed by atoms with Crippen LogP contribution in [0.3, 0.4) is 0 Å². The predicted octanol–water partition coefficient (Wildman–Crippen LogP) is 3.72. The summed E-state index contributed by atoms with van der Waals surface area (Å²) in [7, 11) is 1.55. The van der Waals surface area contributed by atoms with Gasteiger partial charge in [0.25, 0.3) is 11.5 Å². The zero-order chi connectivity index (χ0) is 22.0. The van der Waals surface area contributed by atoms with E-state index in [4.69, 9.17) is 4.74 Å². The number of pyridine rings is 3. The largest absolute Gasteiger partial charge is 0.495 e. The van der Waals surface area contributed by atoms with Crippen molar-refractivity contribution in [3.63, 3.8) is 0 Å². The third-order valence-electron chi connectivity index (χ3n) is 5.07. The fourth-order valence-corrected chi connectivity index (χ4v) is 3.46. The summed E-state index contributed by atoms with van der Waals surface area (Å²) in [5.74, 6) is 0.210. The van der Waals surface area contributed by atoms with Crippen molar-refractivity contribution in [1.29, 1.82) is 0 Å². The number of hydrogen-bond donors (Lipinski definition) is 1. The van der Waals surface area contributed by atoms with Gasteiger partial charge in [0.05, 0.1) is 41.5 Å². The van der Waals surface area contributed by atoms with Crippen LogP contribution in [0, 0.1) is 13.8 Å². The van der Waals surface area contributed by atoms with E-state index in [1.165, 1.54) is 0 Å². The first kappa shape index (κ1) is 20.3. The van der Waals surface area contributed by atoms with Crippen molar-refractivity contribution in [3.8, 4) is 5.75 Å². The molecule has 0 atom stereocenters. The number of carbonyl (C=O) groups is 1. The van der Waals surface area contributed by atoms with Crippen molar-refractivity contribution in [1.82, 2.24) is 14.5 Å². The van der Waals surface area contributed by atoms with Gasteiger partial charge in [0, 0.05) is 18.6 Å². The van der Waals surface area contributed by atoms with Crippen LogP contribution in [0.5, 0.6) is 5.75 Å². The van der Waals surface area contributed by atoms with Crippen LogP contribution in [0.25, 0.3) is 10.9 Å². The number of nitrogens with zero attached hydrogens (tertiary/aromatic N) is 3. The summed E-state index contributed by atoms with van der Waals surface area (Å²) in [4.78, 5) is 34.7. The lowest BCUT2D eigenvalue weighted by Crippen LogP contribution is -2.22. The molecule has 1 aromatic carbocycles. The zero-order valence-corrected chi connectivity index (χ0v) is 17.5. The number of aryl methyl sites for hydroxylation is 2. The van der Waals surface area contributed by atoms with Gasteiger partial charge in [-0.2, -0.15) is 0 Å². The Labute approximate surface area is 179 Å². The van der Waals surface area contributed by atoms with Crippen LogP contribution >= 0.6 is 0 Å². The smallest absolute Gasteiger partial charge is 0.260 e. The number of hydrogen-bond acceptors (Lipinski definition) is 5. The van der Waals surface area contributed by atoms with Gasteiger partial charge >= 0.3 is 0 Å². The van der Waals surface area contributed by atoms with E-state index in [1.54, 1.807) is 55.4 Å². The molecule has 0 bridgehead atoms. The summed E-state index contributed by atoms with van der Waals surface area (Å²) >= 11 is 0. The molecule has 0 radical (unpaired) electrons. The van der Waals surface area contributed by atoms with E-state index in [0.717, 1.165) is 11.1 Å². The molecule has 0 saturated carbocycles. The summed E-state index contributed by atoms with van der Waals surface area (Å²) < 4.78 is 6.93. The van der Waals surface area contributed by atoms with Crippen LogP contribution in [0.2, 0.25) is 0 Å². The summed E-state index contributed by atoms with van der Waals surface area (Å²) in [6.07, 6.45) is 5.12. The Morgan fingerprint density at radius 1 is 1.16 bits per heavy atom. The van der Waals surface area contributed by atoms with Gasteiger partial charge < -0.3 is 14.6 Å². The lowest BCUT2D eigenvalue weighted by molar-refractivity contribution is 0.102. The second kappa shape index (κ2) is 8.39. The molecule has 0 saturated heterocycles. The molecule has 0 aliphatic rings. The maximum absolute atomic E-state index is 13.1. The van der Waals surface area contributed by atoms with Crippen LogP contribution in [-0.4, -0.2) is 27.6 Å². The van der Waals surface area contributed by atoms with E-state index in [0.29, 0.717) is 40.1 Å². The summed E-state index contributed by atoms with van der Waals surface area (Å²) in [5.41, 5.74) is 3.68. The van der Waals surface area contributed by atoms with Crippen LogP contribution in [0.4, 0.5) is 5.69 Å². The number of amides is 1. The van der Waals surface area contributed by atoms with E-state index in [1.807, 2.05) is 31.2 Å². The van der Waals surface area contributed by atoms with Crippen LogP contribution in [-0.2, 0) is 6.54 Å². The van der Waals surface area contributed by atoms with Crippen molar-refractivity contribution < 1.29 is 9.53 Å². The molecule has 7 heteroatoms. The number of rotatable bonds is 5. The Morgan fingerprint density at radius 2 is 2.00 bits per heavy atom. The van der Waals surface area contributed by atoms with E-state index in [9.17, 15) is 9.59 Å². The fourth-order valence-electron chi connectivity index (χ4n) is 3.46. The van der Waals surface area contributed by atoms with Crippen LogP contribution in [0.15, 0.2) is 65.8 Å². The molecule has 0 fully saturated rings. The van der Waals surface area contributed by atoms with Crippen molar-refractivity contribution in [3.05, 3.63) is 93.8 Å². The Hall–Kier alpha value is -4.00. The molecular formula is C24H22N4O3. The highest BCUT2D eigenvalue weighted by molar-refractivity contribution is 6.07. The number of methoxy groups -OCH3 is 1. The number of fused-ring (bicyclic) bond motifs is 1. The molecule has 156 valence electrons. The number of anilines is 1. The molecule has 31 heavy (non-hydrogen) atoms. The zero-order valence-electron chi connectivity index (χ0n) is 17.5. The Balaban J connectivity index is 1.72. The van der Waals surface area contributed by atoms with Gasteiger partial charge in [-0.25, -0.2) is 0 Å². The number of nitrogens with one attached hydrogen (secondary N) is 1. The molecule has 3 aromatic heterocycles. The second-order valence-electron chi connectivity index (χ2n) is 7.32. The average Bonchev–Trinajstić information content (AvgIpc) is 2.76. The first-order valence-corrected chi connectivity index (χ1v) is 9.82. The van der Waals surface area contributed by atoms with E-state index in [2.05, 4.69) is 15.3 Å². The fraction of sp³-hybridized carbons (Fsp3) is 0.167. The monoisotopic (exact) mass is 414 g/mol. The van der Waals surface area contributed by atoms with Gasteiger partial charge in [0.15, 0.2) is 0 Å². The lowest BCUT2D eigenvalue weighted by Gasteiger charge is -2.13. The molecule has 0 aliphatic carbocycles. The third kappa shape index (κ3) is 4.16. The maximum atomic E-state index is 13.1. The van der Waals surface area contributed by atoms with Crippen molar-refractivity contribution >= 4 is 22.5 Å². The van der Waals surface area contributed by atoms with Gasteiger partial charge in [-0.15, -0.1) is 0 Å². The molecule has 0 spiro atoms. The van der Waals surface area contributed by atoms with E-state index < -0.39 is 0 Å². The quantitative estimate of drug-likeness (QED) is 0.538. The molecule has 3 heterocycles. The third-order valence-corrected chi connectivity index (χ3v) is 5.07. The Bertz CT molecular complexity index is 1330.